The number of hydroxylamine groups is 1. The van der Waals surface area contributed by atoms with Crippen molar-refractivity contribution in [3.05, 3.63) is 71.4 Å². The molecule has 2 atom stereocenters. The number of aryl methyl sites for hydroxylation is 1. The summed E-state index contributed by atoms with van der Waals surface area (Å²) in [6.45, 7) is 9.49. The first kappa shape index (κ1) is 30.7. The number of carbonyl (C=O) groups is 3. The van der Waals surface area contributed by atoms with Crippen molar-refractivity contribution < 1.29 is 29.1 Å². The van der Waals surface area contributed by atoms with Crippen molar-refractivity contribution in [2.24, 2.45) is 5.92 Å². The number of pyridine rings is 1. The molecule has 4 rings (SSSR count). The van der Waals surface area contributed by atoms with E-state index in [0.717, 1.165) is 22.2 Å². The van der Waals surface area contributed by atoms with Gasteiger partial charge >= 0.3 is 6.09 Å². The van der Waals surface area contributed by atoms with Gasteiger partial charge in [-0.3, -0.25) is 24.7 Å². The summed E-state index contributed by atoms with van der Waals surface area (Å²) in [6.07, 6.45) is -0.0711. The highest BCUT2D eigenvalue weighted by Crippen LogP contribution is 2.22. The second kappa shape index (κ2) is 13.6. The van der Waals surface area contributed by atoms with E-state index in [1.165, 1.54) is 0 Å². The Morgan fingerprint density at radius 1 is 1.10 bits per heavy atom. The second-order valence-electron chi connectivity index (χ2n) is 11.4. The van der Waals surface area contributed by atoms with E-state index in [2.05, 4.69) is 15.6 Å². The number of nitrogens with zero attached hydrogens (tertiary/aromatic N) is 2. The average molecular weight is 578 g/mol. The standard InChI is InChI=1S/C31H39N5O6/c1-20-17-22(24-7-5-6-8-26(24)33-20)19-41-23-11-9-21(10-12-23)28(37)34-27-18-36(15-13-25(27)29(38)35-40)16-14-32-30(39)42-31(2,3)4/h5-12,17,25,27,40H,13-16,18-19H2,1-4H3,(H,32,39)(H,34,37)(H,35,38)/t25-,27+/m0/s1. The summed E-state index contributed by atoms with van der Waals surface area (Å²) in [5, 5.41) is 16.0. The number of alkyl carbamates (subject to hydrolysis) is 1. The Morgan fingerprint density at radius 3 is 2.55 bits per heavy atom. The van der Waals surface area contributed by atoms with Crippen molar-refractivity contribution in [3.63, 3.8) is 0 Å². The third kappa shape index (κ3) is 8.40. The van der Waals surface area contributed by atoms with Gasteiger partial charge < -0.3 is 20.1 Å². The molecular formula is C31H39N5O6. The quantitative estimate of drug-likeness (QED) is 0.223. The first-order chi connectivity index (χ1) is 20.0. The van der Waals surface area contributed by atoms with Crippen LogP contribution in [0.2, 0.25) is 0 Å². The highest BCUT2D eigenvalue weighted by Gasteiger charge is 2.35. The predicted octanol–water partition coefficient (Wildman–Crippen LogP) is 3.57. The van der Waals surface area contributed by atoms with Crippen molar-refractivity contribution in [3.8, 4) is 5.75 Å². The van der Waals surface area contributed by atoms with Gasteiger partial charge in [-0.2, -0.15) is 0 Å². The summed E-state index contributed by atoms with van der Waals surface area (Å²) in [4.78, 5) is 44.1. The maximum absolute atomic E-state index is 13.1. The second-order valence-corrected chi connectivity index (χ2v) is 11.4. The molecule has 1 aromatic heterocycles. The molecule has 2 heterocycles. The summed E-state index contributed by atoms with van der Waals surface area (Å²) in [5.74, 6) is -0.875. The number of hydrogen-bond acceptors (Lipinski definition) is 8. The van der Waals surface area contributed by atoms with E-state index in [9.17, 15) is 19.6 Å². The van der Waals surface area contributed by atoms with E-state index in [-0.39, 0.29) is 5.91 Å². The molecule has 3 amide bonds. The molecule has 11 heteroatoms. The monoisotopic (exact) mass is 577 g/mol. The number of likely N-dealkylation sites (tertiary alicyclic amines) is 1. The van der Waals surface area contributed by atoms with E-state index in [4.69, 9.17) is 9.47 Å². The van der Waals surface area contributed by atoms with Gasteiger partial charge in [0.25, 0.3) is 5.91 Å². The number of carbonyl (C=O) groups excluding carboxylic acids is 3. The highest BCUT2D eigenvalue weighted by molar-refractivity contribution is 5.95. The van der Waals surface area contributed by atoms with Crippen LogP contribution in [0.1, 0.15) is 48.8 Å². The Hall–Kier alpha value is -4.22. The minimum Gasteiger partial charge on any atom is -0.489 e. The highest BCUT2D eigenvalue weighted by atomic mass is 16.6. The number of benzene rings is 2. The fourth-order valence-electron chi connectivity index (χ4n) is 5.03. The minimum absolute atomic E-state index is 0.341. The van der Waals surface area contributed by atoms with Gasteiger partial charge in [-0.25, -0.2) is 10.3 Å². The summed E-state index contributed by atoms with van der Waals surface area (Å²) in [6, 6.07) is 16.2. The van der Waals surface area contributed by atoms with Crippen molar-refractivity contribution in [1.29, 1.82) is 0 Å². The van der Waals surface area contributed by atoms with Crippen LogP contribution in [0.3, 0.4) is 0 Å². The molecular weight excluding hydrogens is 538 g/mol. The number of para-hydroxylation sites is 1. The lowest BCUT2D eigenvalue weighted by atomic mass is 9.90. The zero-order chi connectivity index (χ0) is 30.3. The van der Waals surface area contributed by atoms with Crippen LogP contribution in [-0.2, 0) is 16.1 Å². The van der Waals surface area contributed by atoms with Crippen molar-refractivity contribution >= 4 is 28.8 Å². The van der Waals surface area contributed by atoms with E-state index < -0.39 is 29.6 Å². The molecule has 0 aliphatic carbocycles. The lowest BCUT2D eigenvalue weighted by Gasteiger charge is -2.37. The van der Waals surface area contributed by atoms with Crippen LogP contribution >= 0.6 is 0 Å². The zero-order valence-corrected chi connectivity index (χ0v) is 24.5. The van der Waals surface area contributed by atoms with E-state index in [1.807, 2.05) is 42.2 Å². The fourth-order valence-corrected chi connectivity index (χ4v) is 5.03. The van der Waals surface area contributed by atoms with Gasteiger partial charge in [0.05, 0.1) is 17.5 Å². The number of ether oxygens (including phenoxy) is 2. The van der Waals surface area contributed by atoms with Crippen LogP contribution in [0.5, 0.6) is 5.75 Å². The van der Waals surface area contributed by atoms with Crippen LogP contribution in [0.15, 0.2) is 54.6 Å². The Kier molecular flexibility index (Phi) is 9.97. The molecule has 0 unspecified atom stereocenters. The van der Waals surface area contributed by atoms with E-state index in [0.29, 0.717) is 50.5 Å². The molecule has 1 aliphatic rings. The molecule has 11 nitrogen and oxygen atoms in total. The molecule has 0 spiro atoms. The first-order valence-electron chi connectivity index (χ1n) is 14.0. The topological polar surface area (TPSA) is 142 Å². The number of hydrogen-bond donors (Lipinski definition) is 4. The van der Waals surface area contributed by atoms with Gasteiger partial charge in [-0.15, -0.1) is 0 Å². The number of amides is 3. The normalized spacial score (nSPS) is 17.4. The van der Waals surface area contributed by atoms with Gasteiger partial charge in [0, 0.05) is 41.8 Å². The molecule has 224 valence electrons. The molecule has 1 aliphatic heterocycles. The molecule has 2 aromatic carbocycles. The van der Waals surface area contributed by atoms with Crippen molar-refractivity contribution in [2.45, 2.75) is 52.4 Å². The van der Waals surface area contributed by atoms with Crippen LogP contribution in [0.25, 0.3) is 10.9 Å². The van der Waals surface area contributed by atoms with E-state index >= 15 is 0 Å². The Bertz CT molecular complexity index is 1410. The lowest BCUT2D eigenvalue weighted by Crippen LogP contribution is -2.57. The Labute approximate surface area is 245 Å². The summed E-state index contributed by atoms with van der Waals surface area (Å²) in [7, 11) is 0. The van der Waals surface area contributed by atoms with Crippen LogP contribution in [0.4, 0.5) is 4.79 Å². The summed E-state index contributed by atoms with van der Waals surface area (Å²) >= 11 is 0. The van der Waals surface area contributed by atoms with Gasteiger partial charge in [-0.1, -0.05) is 18.2 Å². The van der Waals surface area contributed by atoms with Gasteiger partial charge in [0.2, 0.25) is 5.91 Å². The summed E-state index contributed by atoms with van der Waals surface area (Å²) < 4.78 is 11.3. The average Bonchev–Trinajstić information content (AvgIpc) is 2.95. The number of aromatic nitrogens is 1. The Balaban J connectivity index is 1.34. The SMILES string of the molecule is Cc1cc(COc2ccc(C(=O)N[C@@H]3CN(CCNC(=O)OC(C)(C)C)CC[C@@H]3C(=O)NO)cc2)c2ccccc2n1. The van der Waals surface area contributed by atoms with Gasteiger partial charge in [-0.05, 0) is 77.1 Å². The number of nitrogens with one attached hydrogen (secondary N) is 3. The van der Waals surface area contributed by atoms with E-state index in [1.54, 1.807) is 50.5 Å². The molecule has 0 radical (unpaired) electrons. The number of fused-ring (bicyclic) bond motifs is 1. The molecule has 0 bridgehead atoms. The lowest BCUT2D eigenvalue weighted by molar-refractivity contribution is -0.135. The third-order valence-corrected chi connectivity index (χ3v) is 7.00. The molecule has 1 saturated heterocycles. The molecule has 42 heavy (non-hydrogen) atoms. The zero-order valence-electron chi connectivity index (χ0n) is 24.5. The minimum atomic E-state index is -0.602. The number of rotatable bonds is 9. The molecule has 1 fully saturated rings. The van der Waals surface area contributed by atoms with Crippen molar-refractivity contribution in [1.82, 2.24) is 26.0 Å². The smallest absolute Gasteiger partial charge is 0.407 e. The third-order valence-electron chi connectivity index (χ3n) is 7.00. The first-order valence-corrected chi connectivity index (χ1v) is 14.0. The van der Waals surface area contributed by atoms with Gasteiger partial charge in [0.15, 0.2) is 0 Å². The van der Waals surface area contributed by atoms with Crippen LogP contribution < -0.4 is 20.9 Å². The summed E-state index contributed by atoms with van der Waals surface area (Å²) in [5.41, 5.74) is 4.39. The Morgan fingerprint density at radius 2 is 1.83 bits per heavy atom. The maximum atomic E-state index is 13.1. The van der Waals surface area contributed by atoms with Crippen LogP contribution in [-0.4, -0.2) is 70.8 Å². The molecule has 3 aromatic rings. The molecule has 4 N–H and O–H groups in total. The maximum Gasteiger partial charge on any atom is 0.407 e. The van der Waals surface area contributed by atoms with Gasteiger partial charge in [0.1, 0.15) is 18.0 Å². The van der Waals surface area contributed by atoms with Crippen molar-refractivity contribution in [2.75, 3.05) is 26.2 Å². The van der Waals surface area contributed by atoms with Crippen LogP contribution in [0, 0.1) is 12.8 Å². The molecule has 0 saturated carbocycles. The number of piperidine rings is 1. The fraction of sp³-hybridized carbons (Fsp3) is 0.419. The predicted molar refractivity (Wildman–Crippen MR) is 157 cm³/mol. The largest absolute Gasteiger partial charge is 0.489 e.